The molecule has 0 bridgehead atoms. The predicted molar refractivity (Wildman–Crippen MR) is 85.6 cm³/mol. The van der Waals surface area contributed by atoms with Crippen molar-refractivity contribution in [3.8, 4) is 0 Å². The Morgan fingerprint density at radius 1 is 1.18 bits per heavy atom. The number of amides is 1. The second-order valence-electron chi connectivity index (χ2n) is 8.05. The number of hydrogen-bond acceptors (Lipinski definition) is 5. The molecule has 1 saturated heterocycles. The van der Waals surface area contributed by atoms with Crippen molar-refractivity contribution in [2.24, 2.45) is 0 Å². The van der Waals surface area contributed by atoms with E-state index in [4.69, 9.17) is 9.39 Å². The maximum Gasteiger partial charge on any atom is 0.459 e. The van der Waals surface area contributed by atoms with Crippen molar-refractivity contribution in [1.82, 2.24) is 4.90 Å². The molecule has 0 aromatic rings. The SMILES string of the molecule is CC(C)(C)OC(=O)N1CC[C@H](B(O)OC(C)(C)C(C)(C)O)C1. The highest BCUT2D eigenvalue weighted by atomic mass is 16.6. The van der Waals surface area contributed by atoms with Crippen LogP contribution in [0.25, 0.3) is 0 Å². The molecular formula is C15H30BNO5. The molecule has 6 nitrogen and oxygen atoms in total. The van der Waals surface area contributed by atoms with Gasteiger partial charge in [-0.15, -0.1) is 0 Å². The molecule has 1 amide bonds. The summed E-state index contributed by atoms with van der Waals surface area (Å²) in [5.74, 6) is -0.186. The lowest BCUT2D eigenvalue weighted by Crippen LogP contribution is -2.51. The first kappa shape index (κ1) is 19.3. The second-order valence-corrected chi connectivity index (χ2v) is 8.05. The fourth-order valence-corrected chi connectivity index (χ4v) is 2.05. The Hall–Kier alpha value is -0.785. The van der Waals surface area contributed by atoms with Crippen LogP contribution in [0.15, 0.2) is 0 Å². The third kappa shape index (κ3) is 5.14. The minimum atomic E-state index is -1.09. The highest BCUT2D eigenvalue weighted by molar-refractivity contribution is 6.45. The van der Waals surface area contributed by atoms with Gasteiger partial charge in [0, 0.05) is 18.9 Å². The van der Waals surface area contributed by atoms with Gasteiger partial charge < -0.3 is 24.4 Å². The zero-order chi connectivity index (χ0) is 17.3. The van der Waals surface area contributed by atoms with E-state index in [1.54, 1.807) is 32.6 Å². The zero-order valence-electron chi connectivity index (χ0n) is 14.8. The number of nitrogens with zero attached hydrogens (tertiary/aromatic N) is 1. The summed E-state index contributed by atoms with van der Waals surface area (Å²) < 4.78 is 11.0. The van der Waals surface area contributed by atoms with Gasteiger partial charge in [-0.25, -0.2) is 4.79 Å². The number of hydrogen-bond donors (Lipinski definition) is 2. The minimum Gasteiger partial charge on any atom is -0.444 e. The maximum atomic E-state index is 12.0. The highest BCUT2D eigenvalue weighted by Gasteiger charge is 2.44. The third-order valence-corrected chi connectivity index (χ3v) is 4.17. The van der Waals surface area contributed by atoms with E-state index in [0.29, 0.717) is 19.5 Å². The van der Waals surface area contributed by atoms with Gasteiger partial charge in [-0.2, -0.15) is 0 Å². The van der Waals surface area contributed by atoms with Crippen molar-refractivity contribution >= 4 is 13.2 Å². The van der Waals surface area contributed by atoms with Crippen LogP contribution in [-0.4, -0.2) is 58.1 Å². The van der Waals surface area contributed by atoms with Crippen LogP contribution in [0.3, 0.4) is 0 Å². The molecule has 1 heterocycles. The van der Waals surface area contributed by atoms with Gasteiger partial charge in [0.05, 0.1) is 11.2 Å². The Kier molecular flexibility index (Phi) is 5.58. The molecule has 1 aliphatic rings. The maximum absolute atomic E-state index is 12.0. The quantitative estimate of drug-likeness (QED) is 0.776. The summed E-state index contributed by atoms with van der Waals surface area (Å²) in [6.07, 6.45) is 0.270. The van der Waals surface area contributed by atoms with Crippen LogP contribution in [0.1, 0.15) is 54.9 Å². The number of likely N-dealkylation sites (tertiary alicyclic amines) is 1. The van der Waals surface area contributed by atoms with Gasteiger partial charge in [0.2, 0.25) is 0 Å². The molecule has 0 aliphatic carbocycles. The molecule has 1 atom stereocenters. The van der Waals surface area contributed by atoms with Gasteiger partial charge in [0.25, 0.3) is 0 Å². The number of ether oxygens (including phenoxy) is 1. The first-order valence-electron chi connectivity index (χ1n) is 7.79. The largest absolute Gasteiger partial charge is 0.459 e. The lowest BCUT2D eigenvalue weighted by molar-refractivity contribution is -0.101. The lowest BCUT2D eigenvalue weighted by atomic mass is 9.70. The van der Waals surface area contributed by atoms with Crippen molar-refractivity contribution in [3.63, 3.8) is 0 Å². The molecule has 22 heavy (non-hydrogen) atoms. The number of rotatable bonds is 4. The summed E-state index contributed by atoms with van der Waals surface area (Å²) in [7, 11) is -1.03. The standard InChI is InChI=1S/C15H30BNO5/c1-13(2,3)21-12(18)17-9-8-11(10-17)16(20)22-15(6,7)14(4,5)19/h11,19-20H,8-10H2,1-7H3/t11-/m0/s1. The molecule has 1 aliphatic heterocycles. The van der Waals surface area contributed by atoms with Gasteiger partial charge in [-0.1, -0.05) is 0 Å². The molecular weight excluding hydrogens is 285 g/mol. The molecule has 0 radical (unpaired) electrons. The summed E-state index contributed by atoms with van der Waals surface area (Å²) in [5.41, 5.74) is -2.52. The van der Waals surface area contributed by atoms with E-state index in [2.05, 4.69) is 0 Å². The van der Waals surface area contributed by atoms with Crippen LogP contribution in [0.4, 0.5) is 4.79 Å². The van der Waals surface area contributed by atoms with Gasteiger partial charge in [0.1, 0.15) is 5.60 Å². The van der Waals surface area contributed by atoms with Crippen LogP contribution in [0, 0.1) is 0 Å². The van der Waals surface area contributed by atoms with Crippen LogP contribution in [0.5, 0.6) is 0 Å². The van der Waals surface area contributed by atoms with Crippen molar-refractivity contribution in [1.29, 1.82) is 0 Å². The molecule has 2 N–H and O–H groups in total. The Morgan fingerprint density at radius 3 is 2.18 bits per heavy atom. The van der Waals surface area contributed by atoms with Gasteiger partial charge in [-0.3, -0.25) is 0 Å². The normalized spacial score (nSPS) is 20.2. The summed E-state index contributed by atoms with van der Waals surface area (Å²) in [6.45, 7) is 13.1. The summed E-state index contributed by atoms with van der Waals surface area (Å²) >= 11 is 0. The molecule has 0 saturated carbocycles. The minimum absolute atomic E-state index is 0.186. The fraction of sp³-hybridized carbons (Fsp3) is 0.933. The molecule has 0 spiro atoms. The summed E-state index contributed by atoms with van der Waals surface area (Å²) in [5, 5.41) is 20.4. The monoisotopic (exact) mass is 315 g/mol. The first-order chi connectivity index (χ1) is 9.73. The van der Waals surface area contributed by atoms with E-state index in [-0.39, 0.29) is 11.9 Å². The fourth-order valence-electron chi connectivity index (χ4n) is 2.05. The van der Waals surface area contributed by atoms with E-state index in [1.807, 2.05) is 20.8 Å². The van der Waals surface area contributed by atoms with Crippen LogP contribution in [-0.2, 0) is 9.39 Å². The molecule has 1 fully saturated rings. The molecule has 7 heteroatoms. The Balaban J connectivity index is 2.58. The molecule has 0 aromatic carbocycles. The third-order valence-electron chi connectivity index (χ3n) is 4.17. The van der Waals surface area contributed by atoms with Gasteiger partial charge >= 0.3 is 13.2 Å². The van der Waals surface area contributed by atoms with Crippen LogP contribution in [0.2, 0.25) is 5.82 Å². The van der Waals surface area contributed by atoms with Gasteiger partial charge in [0.15, 0.2) is 0 Å². The van der Waals surface area contributed by atoms with Crippen molar-refractivity contribution in [2.75, 3.05) is 13.1 Å². The molecule has 0 aromatic heterocycles. The van der Waals surface area contributed by atoms with Crippen molar-refractivity contribution in [2.45, 2.75) is 77.5 Å². The Bertz CT molecular complexity index is 400. The van der Waals surface area contributed by atoms with Gasteiger partial charge in [-0.05, 0) is 54.9 Å². The van der Waals surface area contributed by atoms with E-state index in [9.17, 15) is 14.9 Å². The van der Waals surface area contributed by atoms with E-state index >= 15 is 0 Å². The molecule has 0 unspecified atom stereocenters. The van der Waals surface area contributed by atoms with E-state index in [1.165, 1.54) is 0 Å². The number of carbonyl (C=O) groups is 1. The van der Waals surface area contributed by atoms with E-state index in [0.717, 1.165) is 0 Å². The van der Waals surface area contributed by atoms with Crippen LogP contribution >= 0.6 is 0 Å². The zero-order valence-corrected chi connectivity index (χ0v) is 14.8. The molecule has 128 valence electrons. The topological polar surface area (TPSA) is 79.2 Å². The summed E-state index contributed by atoms with van der Waals surface area (Å²) in [6, 6.07) is 0. The second kappa shape index (κ2) is 6.38. The van der Waals surface area contributed by atoms with Crippen molar-refractivity contribution < 1.29 is 24.3 Å². The average Bonchev–Trinajstić information content (AvgIpc) is 2.73. The molecule has 1 rings (SSSR count). The average molecular weight is 315 g/mol. The smallest absolute Gasteiger partial charge is 0.444 e. The predicted octanol–water partition coefficient (Wildman–Crippen LogP) is 2.04. The Labute approximate surface area is 133 Å². The Morgan fingerprint density at radius 2 is 1.73 bits per heavy atom. The van der Waals surface area contributed by atoms with Crippen LogP contribution < -0.4 is 0 Å². The number of aliphatic hydroxyl groups is 1. The summed E-state index contributed by atoms with van der Waals surface area (Å²) in [4.78, 5) is 13.6. The first-order valence-corrected chi connectivity index (χ1v) is 7.79. The lowest BCUT2D eigenvalue weighted by Gasteiger charge is -2.39. The van der Waals surface area contributed by atoms with E-state index < -0.39 is 23.9 Å². The number of carbonyl (C=O) groups excluding carboxylic acids is 1. The van der Waals surface area contributed by atoms with Crippen molar-refractivity contribution in [3.05, 3.63) is 0 Å². The highest BCUT2D eigenvalue weighted by Crippen LogP contribution is 2.31.